The lowest BCUT2D eigenvalue weighted by atomic mass is 10.1. The summed E-state index contributed by atoms with van der Waals surface area (Å²) in [6, 6.07) is 4.31. The van der Waals surface area contributed by atoms with E-state index in [-0.39, 0.29) is 0 Å². The molecule has 1 rings (SSSR count). The number of unbranched alkanes of at least 4 members (excludes halogenated alkanes) is 3. The Morgan fingerprint density at radius 3 is 2.83 bits per heavy atom. The van der Waals surface area contributed by atoms with Crippen LogP contribution in [0, 0.1) is 0 Å². The Balaban J connectivity index is 2.40. The van der Waals surface area contributed by atoms with Gasteiger partial charge in [0.05, 0.1) is 6.61 Å². The number of nitrogens with zero attached hydrogens (tertiary/aromatic N) is 1. The van der Waals surface area contributed by atoms with Crippen LogP contribution in [-0.4, -0.2) is 17.6 Å². The van der Waals surface area contributed by atoms with E-state index in [0.29, 0.717) is 12.6 Å². The van der Waals surface area contributed by atoms with Crippen LogP contribution in [0.15, 0.2) is 18.3 Å². The lowest BCUT2D eigenvalue weighted by molar-refractivity contribution is 0.340. The second kappa shape index (κ2) is 8.78. The van der Waals surface area contributed by atoms with E-state index in [1.165, 1.54) is 32.1 Å². The van der Waals surface area contributed by atoms with Gasteiger partial charge in [-0.1, -0.05) is 32.6 Å². The summed E-state index contributed by atoms with van der Waals surface area (Å²) in [7, 11) is 0. The van der Waals surface area contributed by atoms with E-state index in [1.54, 1.807) is 6.20 Å². The molecule has 1 aromatic heterocycles. The highest BCUT2D eigenvalue weighted by Gasteiger charge is 2.07. The minimum atomic E-state index is 0.441. The van der Waals surface area contributed by atoms with Crippen molar-refractivity contribution in [2.45, 2.75) is 58.9 Å². The maximum Gasteiger partial charge on any atom is 0.168 e. The van der Waals surface area contributed by atoms with Gasteiger partial charge in [0.2, 0.25) is 0 Å². The highest BCUT2D eigenvalue weighted by Crippen LogP contribution is 2.22. The average Bonchev–Trinajstić information content (AvgIpc) is 2.37. The Morgan fingerprint density at radius 1 is 1.28 bits per heavy atom. The van der Waals surface area contributed by atoms with Crippen molar-refractivity contribution in [3.8, 4) is 5.75 Å². The molecule has 0 fully saturated rings. The second-order valence-corrected chi connectivity index (χ2v) is 4.68. The molecule has 0 aliphatic rings. The van der Waals surface area contributed by atoms with Crippen molar-refractivity contribution in [2.75, 3.05) is 11.9 Å². The quantitative estimate of drug-likeness (QED) is 0.665. The number of hydrogen-bond acceptors (Lipinski definition) is 3. The third-order valence-electron chi connectivity index (χ3n) is 2.94. The summed E-state index contributed by atoms with van der Waals surface area (Å²) in [6.07, 6.45) is 8.20. The number of rotatable bonds is 9. The predicted molar refractivity (Wildman–Crippen MR) is 77.2 cm³/mol. The van der Waals surface area contributed by atoms with Crippen LogP contribution in [0.2, 0.25) is 0 Å². The fraction of sp³-hybridized carbons (Fsp3) is 0.667. The molecule has 1 atom stereocenters. The van der Waals surface area contributed by atoms with E-state index in [4.69, 9.17) is 4.74 Å². The lowest BCUT2D eigenvalue weighted by Crippen LogP contribution is -2.16. The Hall–Kier alpha value is -1.25. The van der Waals surface area contributed by atoms with Crippen LogP contribution in [0.4, 0.5) is 5.82 Å². The van der Waals surface area contributed by atoms with E-state index >= 15 is 0 Å². The molecule has 0 bridgehead atoms. The Labute approximate surface area is 111 Å². The van der Waals surface area contributed by atoms with Crippen molar-refractivity contribution in [3.05, 3.63) is 18.3 Å². The molecule has 0 saturated carbocycles. The van der Waals surface area contributed by atoms with Gasteiger partial charge >= 0.3 is 0 Å². The molecular formula is C15H26N2O. The minimum Gasteiger partial charge on any atom is -0.490 e. The first-order chi connectivity index (χ1) is 8.77. The van der Waals surface area contributed by atoms with Crippen molar-refractivity contribution >= 4 is 5.82 Å². The SMILES string of the molecule is CCCCCCC(C)Nc1ncccc1OCC. The topological polar surface area (TPSA) is 34.2 Å². The Kier molecular flexibility index (Phi) is 7.23. The molecule has 102 valence electrons. The van der Waals surface area contributed by atoms with Gasteiger partial charge in [-0.05, 0) is 32.4 Å². The van der Waals surface area contributed by atoms with Gasteiger partial charge in [0.1, 0.15) is 0 Å². The maximum absolute atomic E-state index is 5.56. The zero-order chi connectivity index (χ0) is 13.2. The number of aromatic nitrogens is 1. The first-order valence-electron chi connectivity index (χ1n) is 7.12. The van der Waals surface area contributed by atoms with E-state index in [1.807, 2.05) is 19.1 Å². The van der Waals surface area contributed by atoms with E-state index in [2.05, 4.69) is 24.1 Å². The molecule has 0 saturated heterocycles. The smallest absolute Gasteiger partial charge is 0.168 e. The lowest BCUT2D eigenvalue weighted by Gasteiger charge is -2.16. The predicted octanol–water partition coefficient (Wildman–Crippen LogP) is 4.25. The minimum absolute atomic E-state index is 0.441. The number of pyridine rings is 1. The summed E-state index contributed by atoms with van der Waals surface area (Å²) in [6.45, 7) is 7.11. The molecule has 1 heterocycles. The first kappa shape index (κ1) is 14.8. The molecule has 1 unspecified atom stereocenters. The largest absolute Gasteiger partial charge is 0.490 e. The maximum atomic E-state index is 5.56. The first-order valence-corrected chi connectivity index (χ1v) is 7.12. The van der Waals surface area contributed by atoms with Gasteiger partial charge in [-0.15, -0.1) is 0 Å². The monoisotopic (exact) mass is 250 g/mol. The number of nitrogens with one attached hydrogen (secondary N) is 1. The summed E-state index contributed by atoms with van der Waals surface area (Å²) < 4.78 is 5.56. The number of ether oxygens (including phenoxy) is 1. The van der Waals surface area contributed by atoms with Crippen molar-refractivity contribution in [3.63, 3.8) is 0 Å². The molecule has 0 aliphatic heterocycles. The molecule has 3 heteroatoms. The summed E-state index contributed by atoms with van der Waals surface area (Å²) in [5.41, 5.74) is 0. The Bertz CT molecular complexity index is 328. The van der Waals surface area contributed by atoms with Crippen LogP contribution < -0.4 is 10.1 Å². The molecule has 0 radical (unpaired) electrons. The molecule has 0 spiro atoms. The molecule has 0 aliphatic carbocycles. The van der Waals surface area contributed by atoms with Gasteiger partial charge in [-0.25, -0.2) is 4.98 Å². The van der Waals surface area contributed by atoms with Crippen LogP contribution in [0.3, 0.4) is 0 Å². The van der Waals surface area contributed by atoms with Gasteiger partial charge in [0.25, 0.3) is 0 Å². The van der Waals surface area contributed by atoms with E-state index in [9.17, 15) is 0 Å². The van der Waals surface area contributed by atoms with E-state index < -0.39 is 0 Å². The molecule has 0 amide bonds. The highest BCUT2D eigenvalue weighted by molar-refractivity contribution is 5.49. The van der Waals surface area contributed by atoms with Crippen LogP contribution in [0.5, 0.6) is 5.75 Å². The highest BCUT2D eigenvalue weighted by atomic mass is 16.5. The number of hydrogen-bond donors (Lipinski definition) is 1. The standard InChI is InChI=1S/C15H26N2O/c1-4-6-7-8-10-13(3)17-15-14(18-5-2)11-9-12-16-15/h9,11-13H,4-8,10H2,1-3H3,(H,16,17). The molecule has 0 aromatic carbocycles. The molecular weight excluding hydrogens is 224 g/mol. The van der Waals surface area contributed by atoms with E-state index in [0.717, 1.165) is 11.6 Å². The van der Waals surface area contributed by atoms with Crippen LogP contribution in [0.25, 0.3) is 0 Å². The molecule has 3 nitrogen and oxygen atoms in total. The van der Waals surface area contributed by atoms with Crippen molar-refractivity contribution < 1.29 is 4.74 Å². The molecule has 1 N–H and O–H groups in total. The van der Waals surface area contributed by atoms with Gasteiger partial charge in [-0.2, -0.15) is 0 Å². The second-order valence-electron chi connectivity index (χ2n) is 4.68. The Morgan fingerprint density at radius 2 is 2.11 bits per heavy atom. The zero-order valence-electron chi connectivity index (χ0n) is 11.9. The summed E-state index contributed by atoms with van der Waals surface area (Å²) in [5.74, 6) is 1.71. The van der Waals surface area contributed by atoms with Gasteiger partial charge in [0, 0.05) is 12.2 Å². The fourth-order valence-corrected chi connectivity index (χ4v) is 1.95. The van der Waals surface area contributed by atoms with Crippen molar-refractivity contribution in [1.82, 2.24) is 4.98 Å². The summed E-state index contributed by atoms with van der Waals surface area (Å²) >= 11 is 0. The van der Waals surface area contributed by atoms with Gasteiger partial charge in [-0.3, -0.25) is 0 Å². The normalized spacial score (nSPS) is 12.2. The number of anilines is 1. The third kappa shape index (κ3) is 5.39. The van der Waals surface area contributed by atoms with Gasteiger partial charge in [0.15, 0.2) is 11.6 Å². The zero-order valence-corrected chi connectivity index (χ0v) is 11.9. The van der Waals surface area contributed by atoms with Crippen LogP contribution in [0.1, 0.15) is 52.9 Å². The van der Waals surface area contributed by atoms with Crippen LogP contribution >= 0.6 is 0 Å². The van der Waals surface area contributed by atoms with Gasteiger partial charge < -0.3 is 10.1 Å². The average molecular weight is 250 g/mol. The molecule has 1 aromatic rings. The van der Waals surface area contributed by atoms with Crippen molar-refractivity contribution in [2.24, 2.45) is 0 Å². The molecule has 18 heavy (non-hydrogen) atoms. The summed E-state index contributed by atoms with van der Waals surface area (Å²) in [5, 5.41) is 3.44. The fourth-order valence-electron chi connectivity index (χ4n) is 1.95. The van der Waals surface area contributed by atoms with Crippen molar-refractivity contribution in [1.29, 1.82) is 0 Å². The summed E-state index contributed by atoms with van der Waals surface area (Å²) in [4.78, 5) is 4.35. The third-order valence-corrected chi connectivity index (χ3v) is 2.94. The van der Waals surface area contributed by atoms with Crippen LogP contribution in [-0.2, 0) is 0 Å².